The van der Waals surface area contributed by atoms with Crippen LogP contribution in [-0.4, -0.2) is 34.1 Å². The highest BCUT2D eigenvalue weighted by Crippen LogP contribution is 2.26. The number of benzene rings is 2. The monoisotopic (exact) mass is 360 g/mol. The molecular weight excluding hydrogens is 340 g/mol. The number of fused-ring (bicyclic) bond motifs is 2. The van der Waals surface area contributed by atoms with Gasteiger partial charge in [-0.25, -0.2) is 9.78 Å². The van der Waals surface area contributed by atoms with Crippen LogP contribution in [0.15, 0.2) is 54.7 Å². The van der Waals surface area contributed by atoms with Crippen LogP contribution < -0.4 is 5.32 Å². The van der Waals surface area contributed by atoms with Gasteiger partial charge in [-0.05, 0) is 25.1 Å². The molecule has 0 saturated carbocycles. The first-order chi connectivity index (χ1) is 13.3. The molecule has 0 unspecified atom stereocenters. The van der Waals surface area contributed by atoms with Crippen LogP contribution in [0.3, 0.4) is 0 Å². The normalized spacial score (nSPS) is 11.0. The Bertz CT molecular complexity index is 1070. The lowest BCUT2D eigenvalue weighted by molar-refractivity contribution is 0.0527. The molecule has 0 aliphatic carbocycles. The standard InChI is InChI=1S/C21H20N4O2/c1-2-27-21(26)15-13-23-16-8-4-3-7-14(16)20(15)22-12-11-19-24-17-9-5-6-10-18(17)25-19/h3-10,13H,2,11-12H2,1H3,(H,22,23)(H,24,25). The van der Waals surface area contributed by atoms with Crippen LogP contribution in [0.1, 0.15) is 23.1 Å². The van der Waals surface area contributed by atoms with E-state index < -0.39 is 0 Å². The van der Waals surface area contributed by atoms with Crippen LogP contribution in [0.5, 0.6) is 0 Å². The average Bonchev–Trinajstić information content (AvgIpc) is 3.11. The SMILES string of the molecule is CCOC(=O)c1cnc2ccccc2c1NCCc1nc2ccccc2[nH]1. The molecule has 4 rings (SSSR count). The Labute approximate surface area is 156 Å². The quantitative estimate of drug-likeness (QED) is 0.509. The number of nitrogens with one attached hydrogen (secondary N) is 2. The molecule has 2 aromatic heterocycles. The van der Waals surface area contributed by atoms with Crippen molar-refractivity contribution in [3.8, 4) is 0 Å². The summed E-state index contributed by atoms with van der Waals surface area (Å²) < 4.78 is 5.18. The Balaban J connectivity index is 1.59. The van der Waals surface area contributed by atoms with Crippen LogP contribution in [0, 0.1) is 0 Å². The van der Waals surface area contributed by atoms with E-state index in [2.05, 4.69) is 20.3 Å². The topological polar surface area (TPSA) is 79.9 Å². The summed E-state index contributed by atoms with van der Waals surface area (Å²) in [4.78, 5) is 24.6. The molecule has 0 radical (unpaired) electrons. The van der Waals surface area contributed by atoms with Crippen LogP contribution in [-0.2, 0) is 11.2 Å². The Morgan fingerprint density at radius 3 is 2.70 bits per heavy atom. The van der Waals surface area contributed by atoms with Gasteiger partial charge in [-0.2, -0.15) is 0 Å². The lowest BCUT2D eigenvalue weighted by atomic mass is 10.1. The molecule has 0 aliphatic heterocycles. The smallest absolute Gasteiger partial charge is 0.341 e. The van der Waals surface area contributed by atoms with Gasteiger partial charge in [0.2, 0.25) is 0 Å². The van der Waals surface area contributed by atoms with E-state index in [-0.39, 0.29) is 5.97 Å². The fourth-order valence-corrected chi connectivity index (χ4v) is 3.13. The Morgan fingerprint density at radius 2 is 1.89 bits per heavy atom. The van der Waals surface area contributed by atoms with Gasteiger partial charge in [-0.15, -0.1) is 0 Å². The van der Waals surface area contributed by atoms with E-state index in [9.17, 15) is 4.79 Å². The lowest BCUT2D eigenvalue weighted by Crippen LogP contribution is -2.13. The summed E-state index contributed by atoms with van der Waals surface area (Å²) in [5, 5.41) is 4.28. The fourth-order valence-electron chi connectivity index (χ4n) is 3.13. The number of carbonyl (C=O) groups excluding carboxylic acids is 1. The second-order valence-corrected chi connectivity index (χ2v) is 6.16. The van der Waals surface area contributed by atoms with Gasteiger partial charge in [0.15, 0.2) is 0 Å². The van der Waals surface area contributed by atoms with Crippen molar-refractivity contribution in [2.45, 2.75) is 13.3 Å². The highest BCUT2D eigenvalue weighted by molar-refractivity contribution is 6.04. The molecule has 27 heavy (non-hydrogen) atoms. The highest BCUT2D eigenvalue weighted by atomic mass is 16.5. The summed E-state index contributed by atoms with van der Waals surface area (Å²) in [6, 6.07) is 15.7. The maximum atomic E-state index is 12.3. The van der Waals surface area contributed by atoms with Gasteiger partial charge >= 0.3 is 5.97 Å². The van der Waals surface area contributed by atoms with Crippen molar-refractivity contribution in [3.63, 3.8) is 0 Å². The minimum atomic E-state index is -0.373. The minimum absolute atomic E-state index is 0.323. The summed E-state index contributed by atoms with van der Waals surface area (Å²) in [5.41, 5.74) is 4.00. The highest BCUT2D eigenvalue weighted by Gasteiger charge is 2.16. The van der Waals surface area contributed by atoms with Crippen LogP contribution in [0.2, 0.25) is 0 Å². The van der Waals surface area contributed by atoms with Gasteiger partial charge < -0.3 is 15.0 Å². The minimum Gasteiger partial charge on any atom is -0.462 e. The number of pyridine rings is 1. The molecule has 0 spiro atoms. The Morgan fingerprint density at radius 1 is 1.11 bits per heavy atom. The molecule has 6 heteroatoms. The van der Waals surface area contributed by atoms with Gasteiger partial charge in [0.1, 0.15) is 11.4 Å². The number of anilines is 1. The van der Waals surface area contributed by atoms with Gasteiger partial charge in [-0.1, -0.05) is 30.3 Å². The second-order valence-electron chi connectivity index (χ2n) is 6.16. The number of para-hydroxylation sites is 3. The van der Waals surface area contributed by atoms with E-state index in [1.165, 1.54) is 0 Å². The number of carbonyl (C=O) groups is 1. The Hall–Kier alpha value is -3.41. The summed E-state index contributed by atoms with van der Waals surface area (Å²) in [5.74, 6) is 0.529. The zero-order valence-corrected chi connectivity index (χ0v) is 15.0. The number of rotatable bonds is 6. The summed E-state index contributed by atoms with van der Waals surface area (Å²) in [7, 11) is 0. The predicted molar refractivity (Wildman–Crippen MR) is 106 cm³/mol. The third-order valence-corrected chi connectivity index (χ3v) is 4.37. The third-order valence-electron chi connectivity index (χ3n) is 4.37. The van der Waals surface area contributed by atoms with Gasteiger partial charge in [-0.3, -0.25) is 4.98 Å². The molecule has 136 valence electrons. The van der Waals surface area contributed by atoms with Crippen molar-refractivity contribution in [1.29, 1.82) is 0 Å². The number of aromatic nitrogens is 3. The number of hydrogen-bond acceptors (Lipinski definition) is 5. The van der Waals surface area contributed by atoms with Crippen LogP contribution in [0.25, 0.3) is 21.9 Å². The molecule has 0 bridgehead atoms. The van der Waals surface area contributed by atoms with Gasteiger partial charge in [0.05, 0.1) is 28.8 Å². The zero-order valence-electron chi connectivity index (χ0n) is 15.0. The predicted octanol–water partition coefficient (Wildman–Crippen LogP) is 3.94. The number of imidazole rings is 1. The molecule has 2 aromatic carbocycles. The van der Waals surface area contributed by atoms with E-state index in [0.29, 0.717) is 25.1 Å². The molecule has 2 heterocycles. The van der Waals surface area contributed by atoms with Crippen LogP contribution >= 0.6 is 0 Å². The van der Waals surface area contributed by atoms with E-state index in [1.54, 1.807) is 13.1 Å². The first kappa shape index (κ1) is 17.0. The summed E-state index contributed by atoms with van der Waals surface area (Å²) >= 11 is 0. The molecular formula is C21H20N4O2. The molecule has 0 fully saturated rings. The van der Waals surface area contributed by atoms with E-state index >= 15 is 0 Å². The third kappa shape index (κ3) is 3.46. The van der Waals surface area contributed by atoms with Crippen molar-refractivity contribution in [1.82, 2.24) is 15.0 Å². The van der Waals surface area contributed by atoms with Crippen molar-refractivity contribution >= 4 is 33.6 Å². The first-order valence-corrected chi connectivity index (χ1v) is 8.98. The molecule has 2 N–H and O–H groups in total. The fraction of sp³-hybridized carbons (Fsp3) is 0.190. The van der Waals surface area contributed by atoms with Gasteiger partial charge in [0, 0.05) is 24.5 Å². The van der Waals surface area contributed by atoms with Crippen molar-refractivity contribution < 1.29 is 9.53 Å². The number of nitrogens with zero attached hydrogens (tertiary/aromatic N) is 2. The second kappa shape index (κ2) is 7.45. The Kier molecular flexibility index (Phi) is 4.70. The number of ether oxygens (including phenoxy) is 1. The number of H-pyrrole nitrogens is 1. The average molecular weight is 360 g/mol. The summed E-state index contributed by atoms with van der Waals surface area (Å²) in [6.07, 6.45) is 2.28. The largest absolute Gasteiger partial charge is 0.462 e. The van der Waals surface area contributed by atoms with E-state index in [0.717, 1.165) is 33.4 Å². The molecule has 0 amide bonds. The molecule has 6 nitrogen and oxygen atoms in total. The lowest BCUT2D eigenvalue weighted by Gasteiger charge is -2.13. The first-order valence-electron chi connectivity index (χ1n) is 8.98. The molecule has 0 saturated heterocycles. The summed E-state index contributed by atoms with van der Waals surface area (Å²) in [6.45, 7) is 2.74. The van der Waals surface area contributed by atoms with Crippen molar-refractivity contribution in [2.75, 3.05) is 18.5 Å². The maximum Gasteiger partial charge on any atom is 0.341 e. The van der Waals surface area contributed by atoms with Crippen molar-refractivity contribution in [2.24, 2.45) is 0 Å². The van der Waals surface area contributed by atoms with Crippen LogP contribution in [0.4, 0.5) is 5.69 Å². The number of aromatic amines is 1. The van der Waals surface area contributed by atoms with Gasteiger partial charge in [0.25, 0.3) is 0 Å². The molecule has 4 aromatic rings. The number of esters is 1. The molecule has 0 atom stereocenters. The maximum absolute atomic E-state index is 12.3. The number of hydrogen-bond donors (Lipinski definition) is 2. The zero-order chi connectivity index (χ0) is 18.6. The molecule has 0 aliphatic rings. The van der Waals surface area contributed by atoms with E-state index in [1.807, 2.05) is 48.5 Å². The van der Waals surface area contributed by atoms with Crippen molar-refractivity contribution in [3.05, 3.63) is 66.1 Å². The van der Waals surface area contributed by atoms with E-state index in [4.69, 9.17) is 4.74 Å².